The number of carbonyl (C=O) groups excluding carboxylic acids is 2. The number of rotatable bonds is 4. The van der Waals surface area contributed by atoms with Gasteiger partial charge >= 0.3 is 0 Å². The molecule has 1 aliphatic heterocycles. The van der Waals surface area contributed by atoms with E-state index >= 15 is 0 Å². The molecule has 0 aromatic heterocycles. The van der Waals surface area contributed by atoms with Gasteiger partial charge in [-0.25, -0.2) is 0 Å². The first-order valence-corrected chi connectivity index (χ1v) is 6.35. The van der Waals surface area contributed by atoms with E-state index in [1.54, 1.807) is 18.9 Å². The van der Waals surface area contributed by atoms with Crippen molar-refractivity contribution in [1.82, 2.24) is 15.5 Å². The fourth-order valence-electron chi connectivity index (χ4n) is 1.94. The summed E-state index contributed by atoms with van der Waals surface area (Å²) in [5.74, 6) is -0.105. The second kappa shape index (κ2) is 6.59. The lowest BCUT2D eigenvalue weighted by atomic mass is 10.0. The Morgan fingerprint density at radius 2 is 2.18 bits per heavy atom. The van der Waals surface area contributed by atoms with Crippen LogP contribution < -0.4 is 10.6 Å². The minimum atomic E-state index is -0.448. The van der Waals surface area contributed by atoms with Gasteiger partial charge in [0, 0.05) is 13.6 Å². The average Bonchev–Trinajstić information content (AvgIpc) is 2.37. The van der Waals surface area contributed by atoms with Crippen LogP contribution in [0.15, 0.2) is 0 Å². The number of likely N-dealkylation sites (N-methyl/N-ethyl adjacent to an activating group) is 1. The molecule has 0 bridgehead atoms. The van der Waals surface area contributed by atoms with Crippen LogP contribution in [-0.4, -0.2) is 48.9 Å². The van der Waals surface area contributed by atoms with Crippen molar-refractivity contribution in [3.63, 3.8) is 0 Å². The minimum absolute atomic E-state index is 0.0448. The molecule has 2 N–H and O–H groups in total. The Hall–Kier alpha value is -1.10. The molecule has 1 aliphatic rings. The molecule has 0 aromatic rings. The van der Waals surface area contributed by atoms with Crippen LogP contribution in [0.4, 0.5) is 0 Å². The quantitative estimate of drug-likeness (QED) is 0.734. The van der Waals surface area contributed by atoms with Gasteiger partial charge in [0.1, 0.15) is 6.04 Å². The zero-order chi connectivity index (χ0) is 12.8. The zero-order valence-corrected chi connectivity index (χ0v) is 11.0. The number of hydrogen-bond donors (Lipinski definition) is 2. The second-order valence-electron chi connectivity index (χ2n) is 4.59. The number of piperidine rings is 1. The van der Waals surface area contributed by atoms with E-state index in [1.165, 1.54) is 0 Å². The Morgan fingerprint density at radius 1 is 1.47 bits per heavy atom. The zero-order valence-electron chi connectivity index (χ0n) is 11.0. The lowest BCUT2D eigenvalue weighted by molar-refractivity contribution is -0.135. The molecule has 2 amide bonds. The van der Waals surface area contributed by atoms with Crippen molar-refractivity contribution in [2.75, 3.05) is 20.1 Å². The van der Waals surface area contributed by atoms with E-state index in [4.69, 9.17) is 0 Å². The fraction of sp³-hybridized carbons (Fsp3) is 0.833. The summed E-state index contributed by atoms with van der Waals surface area (Å²) in [6, 6.07) is -0.581. The largest absolute Gasteiger partial charge is 0.344 e. The molecular weight excluding hydrogens is 218 g/mol. The predicted molar refractivity (Wildman–Crippen MR) is 66.6 cm³/mol. The fourth-order valence-corrected chi connectivity index (χ4v) is 1.94. The van der Waals surface area contributed by atoms with Crippen LogP contribution in [0.1, 0.15) is 33.1 Å². The average molecular weight is 241 g/mol. The van der Waals surface area contributed by atoms with Crippen LogP contribution >= 0.6 is 0 Å². The third-order valence-electron chi connectivity index (χ3n) is 3.21. The second-order valence-corrected chi connectivity index (χ2v) is 4.59. The van der Waals surface area contributed by atoms with Gasteiger partial charge in [0.05, 0.1) is 6.04 Å². The molecule has 0 spiro atoms. The van der Waals surface area contributed by atoms with Crippen LogP contribution in [0.25, 0.3) is 0 Å². The van der Waals surface area contributed by atoms with Gasteiger partial charge in [-0.15, -0.1) is 0 Å². The monoisotopic (exact) mass is 241 g/mol. The van der Waals surface area contributed by atoms with Gasteiger partial charge in [-0.1, -0.05) is 6.42 Å². The number of amides is 2. The minimum Gasteiger partial charge on any atom is -0.344 e. The molecule has 1 heterocycles. The summed E-state index contributed by atoms with van der Waals surface area (Å²) in [7, 11) is 1.74. The van der Waals surface area contributed by atoms with Crippen molar-refractivity contribution < 1.29 is 9.59 Å². The van der Waals surface area contributed by atoms with Crippen molar-refractivity contribution in [1.29, 1.82) is 0 Å². The van der Waals surface area contributed by atoms with Crippen molar-refractivity contribution in [3.05, 3.63) is 0 Å². The topological polar surface area (TPSA) is 61.4 Å². The van der Waals surface area contributed by atoms with E-state index in [0.717, 1.165) is 25.8 Å². The normalized spacial score (nSPS) is 21.7. The van der Waals surface area contributed by atoms with E-state index in [1.807, 2.05) is 6.92 Å². The van der Waals surface area contributed by atoms with Crippen molar-refractivity contribution in [3.8, 4) is 0 Å². The Morgan fingerprint density at radius 3 is 2.71 bits per heavy atom. The molecule has 0 aliphatic carbocycles. The van der Waals surface area contributed by atoms with E-state index in [-0.39, 0.29) is 17.9 Å². The number of nitrogens with zero attached hydrogens (tertiary/aromatic N) is 1. The lowest BCUT2D eigenvalue weighted by Crippen LogP contribution is -2.52. The summed E-state index contributed by atoms with van der Waals surface area (Å²) in [5, 5.41) is 5.94. The molecule has 17 heavy (non-hydrogen) atoms. The number of hydrogen-bond acceptors (Lipinski definition) is 3. The molecule has 0 aromatic carbocycles. The first kappa shape index (κ1) is 14.0. The van der Waals surface area contributed by atoms with Gasteiger partial charge in [0.15, 0.2) is 0 Å². The van der Waals surface area contributed by atoms with Crippen molar-refractivity contribution in [2.24, 2.45) is 0 Å². The molecule has 5 heteroatoms. The van der Waals surface area contributed by atoms with E-state index in [9.17, 15) is 9.59 Å². The summed E-state index contributed by atoms with van der Waals surface area (Å²) < 4.78 is 0. The van der Waals surface area contributed by atoms with Gasteiger partial charge < -0.3 is 15.5 Å². The molecule has 1 fully saturated rings. The third kappa shape index (κ3) is 4.00. The maximum absolute atomic E-state index is 11.9. The van der Waals surface area contributed by atoms with Crippen LogP contribution in [0, 0.1) is 0 Å². The maximum atomic E-state index is 11.9. The highest BCUT2D eigenvalue weighted by Crippen LogP contribution is 2.07. The molecule has 2 atom stereocenters. The molecule has 1 unspecified atom stereocenters. The maximum Gasteiger partial charge on any atom is 0.244 e. The van der Waals surface area contributed by atoms with Crippen LogP contribution in [0.5, 0.6) is 0 Å². The standard InChI is InChI=1S/C12H23N3O2/c1-4-15(3)12(17)9(2)14-11(16)10-7-5-6-8-13-10/h9-10,13H,4-8H2,1-3H3,(H,14,16)/t9?,10-/m0/s1. The summed E-state index contributed by atoms with van der Waals surface area (Å²) in [5.41, 5.74) is 0. The Labute approximate surface area is 103 Å². The Balaban J connectivity index is 2.41. The first-order valence-electron chi connectivity index (χ1n) is 6.35. The van der Waals surface area contributed by atoms with Gasteiger partial charge in [0.25, 0.3) is 0 Å². The Kier molecular flexibility index (Phi) is 5.41. The van der Waals surface area contributed by atoms with Crippen LogP contribution in [0.3, 0.4) is 0 Å². The molecule has 1 saturated heterocycles. The summed E-state index contributed by atoms with van der Waals surface area (Å²) in [4.78, 5) is 25.3. The van der Waals surface area contributed by atoms with Gasteiger partial charge in [0.2, 0.25) is 11.8 Å². The molecule has 0 radical (unpaired) electrons. The number of carbonyl (C=O) groups is 2. The highest BCUT2D eigenvalue weighted by Gasteiger charge is 2.24. The summed E-state index contributed by atoms with van der Waals surface area (Å²) >= 11 is 0. The van der Waals surface area contributed by atoms with E-state index in [2.05, 4.69) is 10.6 Å². The van der Waals surface area contributed by atoms with Crippen LogP contribution in [-0.2, 0) is 9.59 Å². The van der Waals surface area contributed by atoms with Gasteiger partial charge in [-0.2, -0.15) is 0 Å². The lowest BCUT2D eigenvalue weighted by Gasteiger charge is -2.25. The van der Waals surface area contributed by atoms with Crippen LogP contribution in [0.2, 0.25) is 0 Å². The van der Waals surface area contributed by atoms with Crippen molar-refractivity contribution >= 4 is 11.8 Å². The third-order valence-corrected chi connectivity index (χ3v) is 3.21. The van der Waals surface area contributed by atoms with E-state index < -0.39 is 6.04 Å². The smallest absolute Gasteiger partial charge is 0.244 e. The Bertz CT molecular complexity index is 275. The highest BCUT2D eigenvalue weighted by molar-refractivity contribution is 5.89. The molecule has 5 nitrogen and oxygen atoms in total. The summed E-state index contributed by atoms with van der Waals surface area (Å²) in [6.45, 7) is 5.18. The number of nitrogens with one attached hydrogen (secondary N) is 2. The predicted octanol–water partition coefficient (Wildman–Crippen LogP) is 0.112. The SMILES string of the molecule is CCN(C)C(=O)C(C)NC(=O)[C@@H]1CCCCN1. The van der Waals surface area contributed by atoms with Crippen molar-refractivity contribution in [2.45, 2.75) is 45.2 Å². The van der Waals surface area contributed by atoms with Gasteiger partial charge in [-0.05, 0) is 33.2 Å². The highest BCUT2D eigenvalue weighted by atomic mass is 16.2. The molecule has 98 valence electrons. The first-order chi connectivity index (χ1) is 8.06. The molecular formula is C12H23N3O2. The molecule has 1 rings (SSSR count). The van der Waals surface area contributed by atoms with E-state index in [0.29, 0.717) is 6.54 Å². The molecule has 0 saturated carbocycles. The summed E-state index contributed by atoms with van der Waals surface area (Å²) in [6.07, 6.45) is 3.05. The van der Waals surface area contributed by atoms with Gasteiger partial charge in [-0.3, -0.25) is 9.59 Å².